The summed E-state index contributed by atoms with van der Waals surface area (Å²) in [5.74, 6) is 0. The minimum atomic E-state index is 0.298. The third-order valence-corrected chi connectivity index (χ3v) is 2.26. The largest absolute Gasteiger partial charge is 0.398 e. The van der Waals surface area contributed by atoms with Crippen LogP contribution in [0.4, 0.5) is 11.4 Å². The highest BCUT2D eigenvalue weighted by Crippen LogP contribution is 2.17. The van der Waals surface area contributed by atoms with Crippen LogP contribution < -0.4 is 11.1 Å². The molecule has 0 aliphatic rings. The second-order valence-corrected chi connectivity index (χ2v) is 3.78. The average molecular weight is 208 g/mol. The van der Waals surface area contributed by atoms with E-state index in [0.29, 0.717) is 12.6 Å². The van der Waals surface area contributed by atoms with Crippen molar-refractivity contribution in [1.82, 2.24) is 0 Å². The van der Waals surface area contributed by atoms with Crippen molar-refractivity contribution in [1.29, 1.82) is 0 Å². The number of benzene rings is 1. The van der Waals surface area contributed by atoms with E-state index in [1.807, 2.05) is 32.0 Å². The Bertz CT molecular complexity index is 312. The first-order valence-corrected chi connectivity index (χ1v) is 5.34. The van der Waals surface area contributed by atoms with E-state index in [2.05, 4.69) is 12.2 Å². The molecule has 3 heteroatoms. The smallest absolute Gasteiger partial charge is 0.0664 e. The maximum Gasteiger partial charge on any atom is 0.0664 e. The predicted octanol–water partition coefficient (Wildman–Crippen LogP) is 2.41. The third kappa shape index (κ3) is 3.80. The fraction of sp³-hybridized carbons (Fsp3) is 0.500. The number of aryl methyl sites for hydroxylation is 1. The van der Waals surface area contributed by atoms with Crippen LogP contribution in [-0.2, 0) is 4.74 Å². The predicted molar refractivity (Wildman–Crippen MR) is 65.2 cm³/mol. The van der Waals surface area contributed by atoms with Crippen LogP contribution in [0.5, 0.6) is 0 Å². The van der Waals surface area contributed by atoms with E-state index in [9.17, 15) is 0 Å². The molecule has 0 saturated heterocycles. The molecule has 0 aromatic heterocycles. The zero-order valence-electron chi connectivity index (χ0n) is 9.71. The summed E-state index contributed by atoms with van der Waals surface area (Å²) < 4.78 is 5.33. The van der Waals surface area contributed by atoms with E-state index >= 15 is 0 Å². The maximum absolute atomic E-state index is 5.83. The van der Waals surface area contributed by atoms with Crippen molar-refractivity contribution in [3.8, 4) is 0 Å². The number of nitrogens with two attached hydrogens (primary N) is 1. The molecule has 84 valence electrons. The highest BCUT2D eigenvalue weighted by Gasteiger charge is 2.02. The standard InChI is InChI=1S/C12H20N2O/c1-4-15-8-10(3)14-11-6-5-9(2)12(13)7-11/h5-7,10,14H,4,8,13H2,1-3H3. The molecule has 0 bridgehead atoms. The lowest BCUT2D eigenvalue weighted by atomic mass is 10.2. The summed E-state index contributed by atoms with van der Waals surface area (Å²) >= 11 is 0. The Hall–Kier alpha value is -1.22. The van der Waals surface area contributed by atoms with Gasteiger partial charge in [0.1, 0.15) is 0 Å². The second-order valence-electron chi connectivity index (χ2n) is 3.78. The monoisotopic (exact) mass is 208 g/mol. The molecule has 0 aliphatic heterocycles. The first-order valence-electron chi connectivity index (χ1n) is 5.34. The van der Waals surface area contributed by atoms with Gasteiger partial charge in [-0.15, -0.1) is 0 Å². The molecule has 3 N–H and O–H groups in total. The van der Waals surface area contributed by atoms with Gasteiger partial charge in [-0.1, -0.05) is 6.07 Å². The highest BCUT2D eigenvalue weighted by molar-refractivity contribution is 5.58. The van der Waals surface area contributed by atoms with Gasteiger partial charge in [0.25, 0.3) is 0 Å². The summed E-state index contributed by atoms with van der Waals surface area (Å²) in [6.45, 7) is 7.55. The van der Waals surface area contributed by atoms with Crippen molar-refractivity contribution in [3.63, 3.8) is 0 Å². The van der Waals surface area contributed by atoms with Gasteiger partial charge in [-0.2, -0.15) is 0 Å². The Labute approximate surface area is 91.6 Å². The summed E-state index contributed by atoms with van der Waals surface area (Å²) in [6, 6.07) is 6.31. The zero-order chi connectivity index (χ0) is 11.3. The van der Waals surface area contributed by atoms with Gasteiger partial charge in [-0.25, -0.2) is 0 Å². The van der Waals surface area contributed by atoms with Gasteiger partial charge in [-0.05, 0) is 38.5 Å². The highest BCUT2D eigenvalue weighted by atomic mass is 16.5. The van der Waals surface area contributed by atoms with Crippen molar-refractivity contribution in [3.05, 3.63) is 23.8 Å². The van der Waals surface area contributed by atoms with Crippen molar-refractivity contribution < 1.29 is 4.74 Å². The van der Waals surface area contributed by atoms with Crippen LogP contribution in [0, 0.1) is 6.92 Å². The lowest BCUT2D eigenvalue weighted by molar-refractivity contribution is 0.141. The minimum absolute atomic E-state index is 0.298. The van der Waals surface area contributed by atoms with Crippen LogP contribution in [-0.4, -0.2) is 19.3 Å². The van der Waals surface area contributed by atoms with Gasteiger partial charge < -0.3 is 15.8 Å². The number of rotatable bonds is 5. The van der Waals surface area contributed by atoms with Crippen molar-refractivity contribution in [2.24, 2.45) is 0 Å². The molecule has 0 aliphatic carbocycles. The van der Waals surface area contributed by atoms with E-state index < -0.39 is 0 Å². The number of hydrogen-bond acceptors (Lipinski definition) is 3. The molecule has 0 saturated carbocycles. The lowest BCUT2D eigenvalue weighted by Gasteiger charge is -2.15. The van der Waals surface area contributed by atoms with Crippen molar-refractivity contribution >= 4 is 11.4 Å². The Morgan fingerprint density at radius 1 is 1.47 bits per heavy atom. The van der Waals surface area contributed by atoms with Gasteiger partial charge in [0, 0.05) is 24.0 Å². The zero-order valence-corrected chi connectivity index (χ0v) is 9.71. The first kappa shape index (κ1) is 11.9. The van der Waals surface area contributed by atoms with Gasteiger partial charge in [-0.3, -0.25) is 0 Å². The summed E-state index contributed by atoms with van der Waals surface area (Å²) in [6.07, 6.45) is 0. The molecule has 1 aromatic rings. The Kier molecular flexibility index (Phi) is 4.43. The molecule has 1 atom stereocenters. The molecule has 0 amide bonds. The molecule has 15 heavy (non-hydrogen) atoms. The van der Waals surface area contributed by atoms with Crippen LogP contribution in [0.1, 0.15) is 19.4 Å². The van der Waals surface area contributed by atoms with Crippen molar-refractivity contribution in [2.45, 2.75) is 26.8 Å². The summed E-state index contributed by atoms with van der Waals surface area (Å²) in [7, 11) is 0. The molecule has 1 rings (SSSR count). The van der Waals surface area contributed by atoms with Crippen LogP contribution in [0.2, 0.25) is 0 Å². The Morgan fingerprint density at radius 3 is 2.80 bits per heavy atom. The minimum Gasteiger partial charge on any atom is -0.398 e. The van der Waals surface area contributed by atoms with E-state index in [-0.39, 0.29) is 0 Å². The Morgan fingerprint density at radius 2 is 2.20 bits per heavy atom. The number of nitrogen functional groups attached to an aromatic ring is 1. The molecule has 0 radical (unpaired) electrons. The average Bonchev–Trinajstić information content (AvgIpc) is 2.20. The summed E-state index contributed by atoms with van der Waals surface area (Å²) in [5.41, 5.74) is 8.80. The third-order valence-electron chi connectivity index (χ3n) is 2.26. The molecule has 1 unspecified atom stereocenters. The number of ether oxygens (including phenoxy) is 1. The van der Waals surface area contributed by atoms with Crippen LogP contribution >= 0.6 is 0 Å². The number of nitrogens with one attached hydrogen (secondary N) is 1. The second kappa shape index (κ2) is 5.61. The fourth-order valence-corrected chi connectivity index (χ4v) is 1.35. The van der Waals surface area contributed by atoms with Crippen molar-refractivity contribution in [2.75, 3.05) is 24.3 Å². The van der Waals surface area contributed by atoms with E-state index in [1.54, 1.807) is 0 Å². The first-order chi connectivity index (χ1) is 7.13. The number of hydrogen-bond donors (Lipinski definition) is 2. The van der Waals surface area contributed by atoms with Gasteiger partial charge in [0.15, 0.2) is 0 Å². The van der Waals surface area contributed by atoms with Crippen LogP contribution in [0.15, 0.2) is 18.2 Å². The lowest BCUT2D eigenvalue weighted by Crippen LogP contribution is -2.21. The van der Waals surface area contributed by atoms with Gasteiger partial charge in [0.2, 0.25) is 0 Å². The fourth-order valence-electron chi connectivity index (χ4n) is 1.35. The molecule has 3 nitrogen and oxygen atoms in total. The van der Waals surface area contributed by atoms with Crippen LogP contribution in [0.3, 0.4) is 0 Å². The van der Waals surface area contributed by atoms with Crippen LogP contribution in [0.25, 0.3) is 0 Å². The van der Waals surface area contributed by atoms with E-state index in [1.165, 1.54) is 0 Å². The molecule has 0 fully saturated rings. The molecule has 1 aromatic carbocycles. The summed E-state index contributed by atoms with van der Waals surface area (Å²) in [4.78, 5) is 0. The van der Waals surface area contributed by atoms with E-state index in [0.717, 1.165) is 23.5 Å². The normalized spacial score (nSPS) is 12.5. The van der Waals surface area contributed by atoms with E-state index in [4.69, 9.17) is 10.5 Å². The summed E-state index contributed by atoms with van der Waals surface area (Å²) in [5, 5.41) is 3.34. The van der Waals surface area contributed by atoms with Gasteiger partial charge >= 0.3 is 0 Å². The van der Waals surface area contributed by atoms with Gasteiger partial charge in [0.05, 0.1) is 6.61 Å². The molecular weight excluding hydrogens is 188 g/mol. The Balaban J connectivity index is 2.53. The quantitative estimate of drug-likeness (QED) is 0.730. The topological polar surface area (TPSA) is 47.3 Å². The molecular formula is C12H20N2O. The maximum atomic E-state index is 5.83. The SMILES string of the molecule is CCOCC(C)Nc1ccc(C)c(N)c1. The molecule has 0 heterocycles. The molecule has 0 spiro atoms. The number of anilines is 2.